The SMILES string of the molecule is COC(=O)C12CSCN1CC13c4c5c6c7c8c9c(c%10c%11c1c1c4c4c%12c5c5c6c6c8c8c%13c9c9c%10c%10c%11c%11c1c1c4c4c%12c%12c5c5c6c8c6c8c%13c9c9c%10c%10c%11c1c1c4c4c%12c5c6c5c8c9c%10c1c45)C732. The van der Waals surface area contributed by atoms with E-state index in [1.165, 1.54) is 0 Å². The number of rotatable bonds is 1. The van der Waals surface area contributed by atoms with Crippen molar-refractivity contribution < 1.29 is 9.53 Å². The van der Waals surface area contributed by atoms with E-state index in [2.05, 4.69) is 4.90 Å². The first-order valence-corrected chi connectivity index (χ1v) is 27.1. The minimum Gasteiger partial charge on any atom is -0.468 e. The number of carbonyl (C=O) groups excluding carboxylic acids is 1. The number of ether oxygens (including phenoxy) is 1. The largest absolute Gasteiger partial charge is 0.468 e. The van der Waals surface area contributed by atoms with Crippen molar-refractivity contribution in [2.75, 3.05) is 25.3 Å². The Balaban J connectivity index is 1.20. The molecular formula is C66H9NO2S. The summed E-state index contributed by atoms with van der Waals surface area (Å²) in [5, 5.41) is 86.7. The van der Waals surface area contributed by atoms with Gasteiger partial charge in [-0.3, -0.25) is 4.90 Å². The first kappa shape index (κ1) is 26.3. The minimum absolute atomic E-state index is 0.00637. The Bertz CT molecular complexity index is 7100. The highest BCUT2D eigenvalue weighted by Crippen LogP contribution is 2.87. The zero-order valence-electron chi connectivity index (χ0n) is 35.8. The van der Waals surface area contributed by atoms with Gasteiger partial charge in [-0.15, -0.1) is 11.8 Å². The highest BCUT2D eigenvalue weighted by atomic mass is 32.2. The van der Waals surface area contributed by atoms with Crippen LogP contribution in [0.15, 0.2) is 0 Å². The van der Waals surface area contributed by atoms with Gasteiger partial charge < -0.3 is 4.74 Å². The Hall–Kier alpha value is -7.76. The van der Waals surface area contributed by atoms with Gasteiger partial charge in [-0.1, -0.05) is 0 Å². The Labute approximate surface area is 384 Å². The fraction of sp³-hybridized carbons (Fsp3) is 0.106. The van der Waals surface area contributed by atoms with E-state index in [-0.39, 0.29) is 5.97 Å². The molecule has 2 saturated heterocycles. The Morgan fingerprint density at radius 1 is 0.329 bits per heavy atom. The van der Waals surface area contributed by atoms with Crippen LogP contribution in [0, 0.1) is 0 Å². The molecule has 6 aliphatic rings. The van der Waals surface area contributed by atoms with Gasteiger partial charge in [0.2, 0.25) is 0 Å². The van der Waals surface area contributed by atoms with Gasteiger partial charge in [0.15, 0.2) is 0 Å². The van der Waals surface area contributed by atoms with Crippen molar-refractivity contribution >= 4 is 309 Å². The van der Waals surface area contributed by atoms with Crippen molar-refractivity contribution in [3.05, 3.63) is 22.3 Å². The lowest BCUT2D eigenvalue weighted by Gasteiger charge is -2.54. The standard InChI is InChI=1S/C66H9NO2S/c1-69-63(68)65-3-70-4-67(65)2-64-59-51-43-33-23-15-7-5-6-9-13-11(7)19-27-21(13)31-25-17(9)18-10(6)14-12-8(5)16(15)24-30-20(12)28-22(14)32-26(18)36-35(25)47-41(31)49-39(27)45(37(43)29(19)23)53(59)55(49)61-57(47)58-48(36)42(32)50-40(28)46-38(30)44(34(24)33)52(51)60(64)54(46)56(50)62(58)66(61,64)65/h2-4H2,1H3. The van der Waals surface area contributed by atoms with Gasteiger partial charge in [-0.05, 0) is 313 Å². The van der Waals surface area contributed by atoms with Gasteiger partial charge >= 0.3 is 5.97 Å². The normalized spacial score (nSPS) is 25.7. The molecule has 0 radical (unpaired) electrons. The lowest BCUT2D eigenvalue weighted by atomic mass is 9.45. The highest BCUT2D eigenvalue weighted by molar-refractivity contribution is 7.99. The van der Waals surface area contributed by atoms with Crippen LogP contribution in [0.3, 0.4) is 0 Å². The highest BCUT2D eigenvalue weighted by Gasteiger charge is 2.84. The van der Waals surface area contributed by atoms with Crippen LogP contribution in [-0.4, -0.2) is 41.7 Å². The molecular weight excluding hydrogens is 871 g/mol. The molecule has 0 bridgehead atoms. The van der Waals surface area contributed by atoms with Crippen LogP contribution in [0.25, 0.3) is 291 Å². The first-order valence-electron chi connectivity index (χ1n) is 26.0. The molecule has 2 heterocycles. The molecule has 296 valence electrons. The first-order chi connectivity index (χ1) is 34.8. The molecule has 28 aromatic carbocycles. The van der Waals surface area contributed by atoms with Crippen LogP contribution in [0.4, 0.5) is 0 Å². The number of benzene rings is 18. The Morgan fingerprint density at radius 3 is 0.743 bits per heavy atom. The number of fused-ring (bicyclic) bond motifs is 1. The molecule has 4 heteroatoms. The Morgan fingerprint density at radius 2 is 0.529 bits per heavy atom. The summed E-state index contributed by atoms with van der Waals surface area (Å²) in [7, 11) is 1.73. The fourth-order valence-electron chi connectivity index (χ4n) is 26.3. The zero-order valence-corrected chi connectivity index (χ0v) is 36.6. The number of hydrogen-bond donors (Lipinski definition) is 0. The maximum atomic E-state index is 16.3. The van der Waals surface area contributed by atoms with Gasteiger partial charge in [0.25, 0.3) is 0 Å². The van der Waals surface area contributed by atoms with Gasteiger partial charge in [0.05, 0.1) is 17.9 Å². The summed E-state index contributed by atoms with van der Waals surface area (Å²) in [4.78, 5) is 19.0. The third-order valence-electron chi connectivity index (χ3n) is 26.2. The maximum Gasteiger partial charge on any atom is 0.328 e. The monoisotopic (exact) mass is 879 g/mol. The van der Waals surface area contributed by atoms with Crippen LogP contribution in [-0.2, 0) is 20.4 Å². The van der Waals surface area contributed by atoms with E-state index < -0.39 is 16.4 Å². The zero-order chi connectivity index (χ0) is 41.7. The molecule has 0 aromatic heterocycles. The summed E-state index contributed by atoms with van der Waals surface area (Å²) < 4.78 is 6.49. The molecule has 0 saturated carbocycles. The Kier molecular flexibility index (Phi) is 2.19. The molecule has 4 aliphatic carbocycles. The minimum atomic E-state index is -0.865. The smallest absolute Gasteiger partial charge is 0.328 e. The van der Waals surface area contributed by atoms with Crippen molar-refractivity contribution in [2.24, 2.45) is 0 Å². The van der Waals surface area contributed by atoms with Crippen LogP contribution in [0.1, 0.15) is 22.3 Å². The van der Waals surface area contributed by atoms with Crippen molar-refractivity contribution in [3.63, 3.8) is 0 Å². The quantitative estimate of drug-likeness (QED) is 0.121. The van der Waals surface area contributed by atoms with Crippen molar-refractivity contribution in [2.45, 2.75) is 16.4 Å². The van der Waals surface area contributed by atoms with Crippen molar-refractivity contribution in [1.29, 1.82) is 0 Å². The van der Waals surface area contributed by atoms with Crippen LogP contribution < -0.4 is 0 Å². The summed E-state index contributed by atoms with van der Waals surface area (Å²) in [6, 6.07) is 0. The van der Waals surface area contributed by atoms with E-state index >= 15 is 4.79 Å². The number of methoxy groups -OCH3 is 1. The topological polar surface area (TPSA) is 29.5 Å². The number of thioether (sulfide) groups is 1. The predicted molar refractivity (Wildman–Crippen MR) is 293 cm³/mol. The lowest BCUT2D eigenvalue weighted by Crippen LogP contribution is -2.66. The van der Waals surface area contributed by atoms with E-state index in [4.69, 9.17) is 4.74 Å². The maximum absolute atomic E-state index is 16.3. The molecule has 28 aromatic rings. The summed E-state index contributed by atoms with van der Waals surface area (Å²) in [5.74, 6) is 1.63. The number of hydrogen-bond acceptors (Lipinski definition) is 4. The number of carbonyl (C=O) groups is 1. The molecule has 0 amide bonds. The molecule has 1 unspecified atom stereocenters. The third-order valence-corrected chi connectivity index (χ3v) is 27.3. The number of nitrogens with zero attached hydrogens (tertiary/aromatic N) is 1. The molecule has 0 N–H and O–H groups in total. The van der Waals surface area contributed by atoms with E-state index in [1.54, 1.807) is 320 Å². The molecule has 2 aliphatic heterocycles. The van der Waals surface area contributed by atoms with Crippen LogP contribution in [0.5, 0.6) is 0 Å². The van der Waals surface area contributed by atoms with E-state index in [0.29, 0.717) is 0 Å². The molecule has 34 rings (SSSR count). The second-order valence-corrected chi connectivity index (χ2v) is 26.9. The predicted octanol–water partition coefficient (Wildman–Crippen LogP) is 16.2. The second kappa shape index (κ2) is 5.83. The molecule has 1 atom stereocenters. The summed E-state index contributed by atoms with van der Waals surface area (Å²) in [6.07, 6.45) is 0. The molecule has 2 spiro atoms. The average molecular weight is 880 g/mol. The fourth-order valence-corrected chi connectivity index (χ4v) is 27.7. The van der Waals surface area contributed by atoms with E-state index in [0.717, 1.165) is 18.2 Å². The molecule has 70 heavy (non-hydrogen) atoms. The van der Waals surface area contributed by atoms with Crippen molar-refractivity contribution in [3.8, 4) is 0 Å². The molecule has 2 fully saturated rings. The van der Waals surface area contributed by atoms with E-state index in [9.17, 15) is 0 Å². The van der Waals surface area contributed by atoms with Gasteiger partial charge in [0.1, 0.15) is 5.54 Å². The van der Waals surface area contributed by atoms with Crippen molar-refractivity contribution in [1.82, 2.24) is 4.90 Å². The second-order valence-electron chi connectivity index (χ2n) is 25.9. The van der Waals surface area contributed by atoms with Gasteiger partial charge in [-0.25, -0.2) is 4.79 Å². The number of esters is 1. The summed E-state index contributed by atoms with van der Waals surface area (Å²) in [6.45, 7) is 0.866. The van der Waals surface area contributed by atoms with Gasteiger partial charge in [0, 0.05) is 18.2 Å². The molecule has 3 nitrogen and oxygen atoms in total. The van der Waals surface area contributed by atoms with Gasteiger partial charge in [-0.2, -0.15) is 0 Å². The lowest BCUT2D eigenvalue weighted by molar-refractivity contribution is -0.153. The average Bonchev–Trinajstić information content (AvgIpc) is 4.36. The van der Waals surface area contributed by atoms with E-state index in [1.807, 2.05) is 11.8 Å². The summed E-state index contributed by atoms with van der Waals surface area (Å²) in [5.41, 5.74) is 4.46. The van der Waals surface area contributed by atoms with Crippen LogP contribution in [0.2, 0.25) is 0 Å². The van der Waals surface area contributed by atoms with Crippen LogP contribution >= 0.6 is 11.8 Å². The third kappa shape index (κ3) is 1.32. The summed E-state index contributed by atoms with van der Waals surface area (Å²) >= 11 is 2.01.